The van der Waals surface area contributed by atoms with Gasteiger partial charge < -0.3 is 19.7 Å². The van der Waals surface area contributed by atoms with Crippen molar-refractivity contribution in [1.29, 1.82) is 0 Å². The van der Waals surface area contributed by atoms with E-state index in [1.807, 2.05) is 31.2 Å². The van der Waals surface area contributed by atoms with Crippen LogP contribution in [0.1, 0.15) is 19.8 Å². The highest BCUT2D eigenvalue weighted by Crippen LogP contribution is 2.17. The van der Waals surface area contributed by atoms with Gasteiger partial charge in [0.2, 0.25) is 11.8 Å². The number of likely N-dealkylation sites (N-methyl/N-ethyl adjacent to an activating group) is 1. The third-order valence-electron chi connectivity index (χ3n) is 3.85. The maximum absolute atomic E-state index is 13.1. The Hall–Kier alpha value is -3.09. The standard InChI is InChI=1S/C21H25FN2O4/c1-3-27-18-9-11-19(12-10-18)28-13-5-8-21(26)24(2)15-20(25)23-17-7-4-6-16(22)14-17/h4,6-7,9-12,14H,3,5,8,13,15H2,1-2H3,(H,23,25). The van der Waals surface area contributed by atoms with Crippen molar-refractivity contribution in [3.63, 3.8) is 0 Å². The van der Waals surface area contributed by atoms with Crippen molar-refractivity contribution in [2.75, 3.05) is 32.1 Å². The molecule has 0 heterocycles. The molecule has 6 nitrogen and oxygen atoms in total. The summed E-state index contributed by atoms with van der Waals surface area (Å²) in [6.07, 6.45) is 0.794. The molecule has 28 heavy (non-hydrogen) atoms. The maximum Gasteiger partial charge on any atom is 0.243 e. The molecule has 0 aliphatic carbocycles. The lowest BCUT2D eigenvalue weighted by Gasteiger charge is -2.17. The molecule has 150 valence electrons. The first-order chi connectivity index (χ1) is 13.5. The van der Waals surface area contributed by atoms with Gasteiger partial charge in [0.05, 0.1) is 19.8 Å². The minimum Gasteiger partial charge on any atom is -0.494 e. The van der Waals surface area contributed by atoms with Crippen molar-refractivity contribution in [3.05, 3.63) is 54.3 Å². The van der Waals surface area contributed by atoms with Crippen LogP contribution in [-0.4, -0.2) is 43.5 Å². The average Bonchev–Trinajstić information content (AvgIpc) is 2.66. The lowest BCUT2D eigenvalue weighted by molar-refractivity contribution is -0.133. The lowest BCUT2D eigenvalue weighted by atomic mass is 10.2. The monoisotopic (exact) mass is 388 g/mol. The van der Waals surface area contributed by atoms with E-state index >= 15 is 0 Å². The van der Waals surface area contributed by atoms with Crippen LogP contribution < -0.4 is 14.8 Å². The molecule has 0 unspecified atom stereocenters. The van der Waals surface area contributed by atoms with Crippen LogP contribution in [0.5, 0.6) is 11.5 Å². The number of carbonyl (C=O) groups is 2. The van der Waals surface area contributed by atoms with Gasteiger partial charge in [0.1, 0.15) is 17.3 Å². The van der Waals surface area contributed by atoms with E-state index in [0.717, 1.165) is 5.75 Å². The Morgan fingerprint density at radius 3 is 2.39 bits per heavy atom. The van der Waals surface area contributed by atoms with Crippen molar-refractivity contribution in [2.24, 2.45) is 0 Å². The van der Waals surface area contributed by atoms with Gasteiger partial charge >= 0.3 is 0 Å². The SMILES string of the molecule is CCOc1ccc(OCCCC(=O)N(C)CC(=O)Nc2cccc(F)c2)cc1. The van der Waals surface area contributed by atoms with E-state index < -0.39 is 5.82 Å². The molecule has 2 amide bonds. The molecule has 0 bridgehead atoms. The third kappa shape index (κ3) is 7.26. The predicted molar refractivity (Wildman–Crippen MR) is 105 cm³/mol. The molecule has 7 heteroatoms. The van der Waals surface area contributed by atoms with Gasteiger partial charge in [-0.15, -0.1) is 0 Å². The number of anilines is 1. The molecule has 2 aromatic carbocycles. The van der Waals surface area contributed by atoms with Crippen LogP contribution in [0, 0.1) is 5.82 Å². The quantitative estimate of drug-likeness (QED) is 0.633. The minimum absolute atomic E-state index is 0.102. The normalized spacial score (nSPS) is 10.2. The number of halogens is 1. The van der Waals surface area contributed by atoms with Gasteiger partial charge in [-0.25, -0.2) is 4.39 Å². The fourth-order valence-electron chi connectivity index (χ4n) is 2.47. The Bertz CT molecular complexity index is 780. The molecular weight excluding hydrogens is 363 g/mol. The molecule has 0 saturated heterocycles. The summed E-state index contributed by atoms with van der Waals surface area (Å²) in [5, 5.41) is 2.56. The number of ether oxygens (including phenoxy) is 2. The van der Waals surface area contributed by atoms with Gasteiger partial charge in [0, 0.05) is 19.2 Å². The zero-order valence-electron chi connectivity index (χ0n) is 16.1. The van der Waals surface area contributed by atoms with Gasteiger partial charge in [-0.2, -0.15) is 0 Å². The first-order valence-corrected chi connectivity index (χ1v) is 9.13. The Morgan fingerprint density at radius 2 is 1.75 bits per heavy atom. The smallest absolute Gasteiger partial charge is 0.243 e. The summed E-state index contributed by atoms with van der Waals surface area (Å²) in [5.41, 5.74) is 0.356. The van der Waals surface area contributed by atoms with Crippen molar-refractivity contribution in [2.45, 2.75) is 19.8 Å². The summed E-state index contributed by atoms with van der Waals surface area (Å²) < 4.78 is 24.1. The van der Waals surface area contributed by atoms with E-state index in [9.17, 15) is 14.0 Å². The average molecular weight is 388 g/mol. The van der Waals surface area contributed by atoms with Crippen LogP contribution in [0.25, 0.3) is 0 Å². The Morgan fingerprint density at radius 1 is 1.07 bits per heavy atom. The second kappa shape index (κ2) is 10.9. The second-order valence-corrected chi connectivity index (χ2v) is 6.16. The summed E-state index contributed by atoms with van der Waals surface area (Å²) >= 11 is 0. The van der Waals surface area contributed by atoms with Crippen molar-refractivity contribution in [3.8, 4) is 11.5 Å². The molecule has 0 fully saturated rings. The second-order valence-electron chi connectivity index (χ2n) is 6.16. The number of rotatable bonds is 10. The molecule has 0 radical (unpaired) electrons. The Balaban J connectivity index is 1.66. The zero-order valence-corrected chi connectivity index (χ0v) is 16.1. The van der Waals surface area contributed by atoms with Crippen LogP contribution in [-0.2, 0) is 9.59 Å². The lowest BCUT2D eigenvalue weighted by Crippen LogP contribution is -2.35. The highest BCUT2D eigenvalue weighted by atomic mass is 19.1. The number of carbonyl (C=O) groups excluding carboxylic acids is 2. The van der Waals surface area contributed by atoms with Crippen LogP contribution in [0.3, 0.4) is 0 Å². The summed E-state index contributed by atoms with van der Waals surface area (Å²) in [4.78, 5) is 25.4. The molecule has 0 saturated carbocycles. The van der Waals surface area contributed by atoms with Gasteiger partial charge in [0.15, 0.2) is 0 Å². The number of nitrogens with zero attached hydrogens (tertiary/aromatic N) is 1. The van der Waals surface area contributed by atoms with Crippen LogP contribution >= 0.6 is 0 Å². The predicted octanol–water partition coefficient (Wildman–Crippen LogP) is 3.48. The Labute approximate surface area is 164 Å². The third-order valence-corrected chi connectivity index (χ3v) is 3.85. The largest absolute Gasteiger partial charge is 0.494 e. The maximum atomic E-state index is 13.1. The summed E-state index contributed by atoms with van der Waals surface area (Å²) in [6.45, 7) is 2.82. The van der Waals surface area contributed by atoms with E-state index in [1.54, 1.807) is 13.1 Å². The molecule has 0 atom stereocenters. The van der Waals surface area contributed by atoms with Gasteiger partial charge in [-0.05, 0) is 55.8 Å². The van der Waals surface area contributed by atoms with E-state index in [0.29, 0.717) is 31.1 Å². The molecule has 0 spiro atoms. The summed E-state index contributed by atoms with van der Waals surface area (Å²) in [5.74, 6) is 0.508. The van der Waals surface area contributed by atoms with E-state index in [-0.39, 0.29) is 24.8 Å². The van der Waals surface area contributed by atoms with Crippen molar-refractivity contribution in [1.82, 2.24) is 4.90 Å². The summed E-state index contributed by atoms with van der Waals surface area (Å²) in [6, 6.07) is 12.9. The number of amides is 2. The molecule has 2 rings (SSSR count). The van der Waals surface area contributed by atoms with Crippen LogP contribution in [0.4, 0.5) is 10.1 Å². The van der Waals surface area contributed by atoms with E-state index in [4.69, 9.17) is 9.47 Å². The highest BCUT2D eigenvalue weighted by Gasteiger charge is 2.13. The van der Waals surface area contributed by atoms with Crippen molar-refractivity contribution < 1.29 is 23.5 Å². The fourth-order valence-corrected chi connectivity index (χ4v) is 2.47. The van der Waals surface area contributed by atoms with Crippen LogP contribution in [0.15, 0.2) is 48.5 Å². The number of hydrogen-bond acceptors (Lipinski definition) is 4. The molecule has 1 N–H and O–H groups in total. The molecule has 2 aromatic rings. The van der Waals surface area contributed by atoms with Crippen LogP contribution in [0.2, 0.25) is 0 Å². The number of nitrogens with one attached hydrogen (secondary N) is 1. The van der Waals surface area contributed by atoms with Gasteiger partial charge in [-0.3, -0.25) is 9.59 Å². The van der Waals surface area contributed by atoms with E-state index in [1.165, 1.54) is 23.1 Å². The van der Waals surface area contributed by atoms with Crippen molar-refractivity contribution >= 4 is 17.5 Å². The molecule has 0 aliphatic heterocycles. The first-order valence-electron chi connectivity index (χ1n) is 9.13. The van der Waals surface area contributed by atoms with E-state index in [2.05, 4.69) is 5.32 Å². The highest BCUT2D eigenvalue weighted by molar-refractivity contribution is 5.94. The Kier molecular flexibility index (Phi) is 8.27. The van der Waals surface area contributed by atoms with Gasteiger partial charge in [0.25, 0.3) is 0 Å². The minimum atomic E-state index is -0.435. The number of hydrogen-bond donors (Lipinski definition) is 1. The van der Waals surface area contributed by atoms with Gasteiger partial charge in [-0.1, -0.05) is 6.07 Å². The fraction of sp³-hybridized carbons (Fsp3) is 0.333. The zero-order chi connectivity index (χ0) is 20.4. The first kappa shape index (κ1) is 21.2. The number of benzene rings is 2. The molecule has 0 aliphatic rings. The topological polar surface area (TPSA) is 67.9 Å². The molecular formula is C21H25FN2O4. The molecule has 0 aromatic heterocycles. The summed E-state index contributed by atoms with van der Waals surface area (Å²) in [7, 11) is 1.56.